The minimum atomic E-state index is 0.628. The first-order valence-corrected chi connectivity index (χ1v) is 6.74. The van der Waals surface area contributed by atoms with E-state index in [1.165, 1.54) is 0 Å². The molecule has 0 N–H and O–H groups in total. The molecule has 1 aromatic carbocycles. The maximum atomic E-state index is 5.61. The maximum absolute atomic E-state index is 5.61. The summed E-state index contributed by atoms with van der Waals surface area (Å²) in [7, 11) is 0. The van der Waals surface area contributed by atoms with Gasteiger partial charge in [0.05, 0.1) is 15.6 Å². The molecule has 0 aliphatic carbocycles. The Labute approximate surface area is 115 Å². The van der Waals surface area contributed by atoms with E-state index in [0.29, 0.717) is 6.61 Å². The highest BCUT2D eigenvalue weighted by atomic mass is 79.9. The number of ether oxygens (including phenoxy) is 1. The highest BCUT2D eigenvalue weighted by molar-refractivity contribution is 9.11. The predicted molar refractivity (Wildman–Crippen MR) is 73.1 cm³/mol. The zero-order valence-electron chi connectivity index (χ0n) is 7.90. The van der Waals surface area contributed by atoms with Crippen LogP contribution in [0.1, 0.15) is 12.8 Å². The number of unbranched alkanes of at least 4 members (excludes halogenated alkanes) is 1. The molecule has 0 heterocycles. The second kappa shape index (κ2) is 6.57. The molecule has 0 spiro atoms. The van der Waals surface area contributed by atoms with E-state index in [-0.39, 0.29) is 0 Å². The van der Waals surface area contributed by atoms with E-state index >= 15 is 0 Å². The van der Waals surface area contributed by atoms with Gasteiger partial charge >= 0.3 is 0 Å². The summed E-state index contributed by atoms with van der Waals surface area (Å²) in [6.07, 6.45) is 6.77. The molecule has 0 atom stereocenters. The normalized spacial score (nSPS) is 9.73. The van der Waals surface area contributed by atoms with Crippen molar-refractivity contribution < 1.29 is 4.74 Å². The van der Waals surface area contributed by atoms with E-state index in [2.05, 4.69) is 53.7 Å². The van der Waals surface area contributed by atoms with Crippen LogP contribution in [-0.4, -0.2) is 6.61 Å². The smallest absolute Gasteiger partial charge is 0.147 e. The summed E-state index contributed by atoms with van der Waals surface area (Å²) in [6, 6.07) is 3.89. The Morgan fingerprint density at radius 3 is 2.33 bits per heavy atom. The zero-order chi connectivity index (χ0) is 11.3. The summed E-state index contributed by atoms with van der Waals surface area (Å²) in [4.78, 5) is 0. The van der Waals surface area contributed by atoms with E-state index in [0.717, 1.165) is 32.0 Å². The van der Waals surface area contributed by atoms with Crippen LogP contribution in [-0.2, 0) is 0 Å². The third-order valence-corrected chi connectivity index (χ3v) is 3.31. The number of benzene rings is 1. The molecule has 1 rings (SSSR count). The Morgan fingerprint density at radius 1 is 1.20 bits per heavy atom. The van der Waals surface area contributed by atoms with Gasteiger partial charge in [-0.25, -0.2) is 0 Å². The lowest BCUT2D eigenvalue weighted by Crippen LogP contribution is -1.98. The lowest BCUT2D eigenvalue weighted by molar-refractivity contribution is 0.309. The van der Waals surface area contributed by atoms with Crippen molar-refractivity contribution in [1.29, 1.82) is 0 Å². The summed E-state index contributed by atoms with van der Waals surface area (Å²) < 4.78 is 8.45. The lowest BCUT2D eigenvalue weighted by atomic mass is 10.3. The fourth-order valence-corrected chi connectivity index (χ4v) is 3.50. The monoisotopic (exact) mass is 394 g/mol. The van der Waals surface area contributed by atoms with Crippen LogP contribution in [0.4, 0.5) is 0 Å². The second-order valence-corrected chi connectivity index (χ2v) is 5.48. The average molecular weight is 397 g/mol. The molecule has 4 heteroatoms. The van der Waals surface area contributed by atoms with Crippen molar-refractivity contribution >= 4 is 47.8 Å². The molecular formula is C11H9Br3O. The SMILES string of the molecule is C#CCCCOc1c(Br)cc(Br)cc1Br. The zero-order valence-corrected chi connectivity index (χ0v) is 12.7. The molecule has 15 heavy (non-hydrogen) atoms. The van der Waals surface area contributed by atoms with Crippen molar-refractivity contribution in [1.82, 2.24) is 0 Å². The van der Waals surface area contributed by atoms with Gasteiger partial charge in [0.2, 0.25) is 0 Å². The van der Waals surface area contributed by atoms with Gasteiger partial charge in [-0.3, -0.25) is 0 Å². The summed E-state index contributed by atoms with van der Waals surface area (Å²) in [5, 5.41) is 0. The van der Waals surface area contributed by atoms with Crippen molar-refractivity contribution in [2.75, 3.05) is 6.61 Å². The van der Waals surface area contributed by atoms with Gasteiger partial charge < -0.3 is 4.74 Å². The fraction of sp³-hybridized carbons (Fsp3) is 0.273. The number of terminal acetylenes is 1. The van der Waals surface area contributed by atoms with E-state index in [1.807, 2.05) is 12.1 Å². The van der Waals surface area contributed by atoms with Crippen molar-refractivity contribution in [3.8, 4) is 18.1 Å². The molecule has 0 saturated heterocycles. The van der Waals surface area contributed by atoms with Crippen molar-refractivity contribution in [2.45, 2.75) is 12.8 Å². The molecule has 0 bridgehead atoms. The largest absolute Gasteiger partial charge is 0.491 e. The molecular weight excluding hydrogens is 388 g/mol. The van der Waals surface area contributed by atoms with Crippen LogP contribution in [0.3, 0.4) is 0 Å². The first-order valence-electron chi connectivity index (χ1n) is 4.36. The minimum Gasteiger partial charge on any atom is -0.491 e. The first kappa shape index (κ1) is 13.1. The Kier molecular flexibility index (Phi) is 5.73. The first-order chi connectivity index (χ1) is 7.15. The molecule has 0 radical (unpaired) electrons. The molecule has 0 aromatic heterocycles. The fourth-order valence-electron chi connectivity index (χ4n) is 1.02. The third-order valence-electron chi connectivity index (χ3n) is 1.67. The standard InChI is InChI=1S/C11H9Br3O/c1-2-3-4-5-15-11-9(13)6-8(12)7-10(11)14/h1,6-7H,3-5H2. The van der Waals surface area contributed by atoms with Crippen LogP contribution in [0.15, 0.2) is 25.6 Å². The Bertz CT molecular complexity index is 359. The predicted octanol–water partition coefficient (Wildman–Crippen LogP) is 4.77. The van der Waals surface area contributed by atoms with Gasteiger partial charge in [0.1, 0.15) is 5.75 Å². The van der Waals surface area contributed by atoms with Crippen LogP contribution in [0.5, 0.6) is 5.75 Å². The van der Waals surface area contributed by atoms with Crippen LogP contribution < -0.4 is 4.74 Å². The molecule has 0 saturated carbocycles. The summed E-state index contributed by atoms with van der Waals surface area (Å²) in [5.74, 6) is 3.40. The van der Waals surface area contributed by atoms with Crippen LogP contribution in [0, 0.1) is 12.3 Å². The second-order valence-electron chi connectivity index (χ2n) is 2.85. The molecule has 80 valence electrons. The highest BCUT2D eigenvalue weighted by Crippen LogP contribution is 2.36. The lowest BCUT2D eigenvalue weighted by Gasteiger charge is -2.09. The van der Waals surface area contributed by atoms with Crippen molar-refractivity contribution in [3.05, 3.63) is 25.6 Å². The quantitative estimate of drug-likeness (QED) is 0.526. The summed E-state index contributed by atoms with van der Waals surface area (Å²) in [5.41, 5.74) is 0. The van der Waals surface area contributed by atoms with Gasteiger partial charge in [0.15, 0.2) is 0 Å². The van der Waals surface area contributed by atoms with E-state index < -0.39 is 0 Å². The van der Waals surface area contributed by atoms with Crippen LogP contribution >= 0.6 is 47.8 Å². The number of halogens is 3. The highest BCUT2D eigenvalue weighted by Gasteiger charge is 2.07. The van der Waals surface area contributed by atoms with Gasteiger partial charge in [-0.05, 0) is 50.4 Å². The van der Waals surface area contributed by atoms with Gasteiger partial charge in [0, 0.05) is 10.9 Å². The molecule has 0 aliphatic heterocycles. The van der Waals surface area contributed by atoms with Crippen molar-refractivity contribution in [2.24, 2.45) is 0 Å². The topological polar surface area (TPSA) is 9.23 Å². The van der Waals surface area contributed by atoms with Gasteiger partial charge in [0.25, 0.3) is 0 Å². The Morgan fingerprint density at radius 2 is 1.80 bits per heavy atom. The third kappa shape index (κ3) is 4.18. The minimum absolute atomic E-state index is 0.628. The molecule has 0 amide bonds. The number of rotatable bonds is 4. The number of hydrogen-bond donors (Lipinski definition) is 0. The molecule has 1 nitrogen and oxygen atoms in total. The van der Waals surface area contributed by atoms with Gasteiger partial charge in [-0.1, -0.05) is 15.9 Å². The molecule has 0 fully saturated rings. The average Bonchev–Trinajstić information content (AvgIpc) is 2.15. The molecule has 0 aliphatic rings. The number of hydrogen-bond acceptors (Lipinski definition) is 1. The van der Waals surface area contributed by atoms with E-state index in [1.54, 1.807) is 0 Å². The summed E-state index contributed by atoms with van der Waals surface area (Å²) >= 11 is 10.3. The van der Waals surface area contributed by atoms with Crippen LogP contribution in [0.25, 0.3) is 0 Å². The maximum Gasteiger partial charge on any atom is 0.147 e. The van der Waals surface area contributed by atoms with Crippen molar-refractivity contribution in [3.63, 3.8) is 0 Å². The molecule has 1 aromatic rings. The van der Waals surface area contributed by atoms with Gasteiger partial charge in [-0.2, -0.15) is 0 Å². The van der Waals surface area contributed by atoms with E-state index in [9.17, 15) is 0 Å². The molecule has 0 unspecified atom stereocenters. The Hall–Kier alpha value is 0.0200. The Balaban J connectivity index is 2.65. The van der Waals surface area contributed by atoms with E-state index in [4.69, 9.17) is 11.2 Å². The summed E-state index contributed by atoms with van der Waals surface area (Å²) in [6.45, 7) is 0.628. The van der Waals surface area contributed by atoms with Gasteiger partial charge in [-0.15, -0.1) is 12.3 Å². The van der Waals surface area contributed by atoms with Crippen LogP contribution in [0.2, 0.25) is 0 Å².